The van der Waals surface area contributed by atoms with Crippen LogP contribution in [0.15, 0.2) is 18.2 Å². The molecule has 1 heterocycles. The Morgan fingerprint density at radius 3 is 2.55 bits per heavy atom. The molecule has 0 aliphatic carbocycles. The Kier molecular flexibility index (Phi) is 4.44. The SMILES string of the molecule is COc1cc(N2CCC(C(C)N)CC2)cc([N+](=O)[O-])c1. The Labute approximate surface area is 118 Å². The van der Waals surface area contributed by atoms with Gasteiger partial charge in [-0.2, -0.15) is 0 Å². The number of nitrogens with zero attached hydrogens (tertiary/aromatic N) is 2. The number of methoxy groups -OCH3 is 1. The number of nitro groups is 1. The van der Waals surface area contributed by atoms with Crippen LogP contribution >= 0.6 is 0 Å². The van der Waals surface area contributed by atoms with Crippen molar-refractivity contribution >= 4 is 11.4 Å². The van der Waals surface area contributed by atoms with Crippen molar-refractivity contribution in [2.24, 2.45) is 11.7 Å². The number of ether oxygens (including phenoxy) is 1. The maximum absolute atomic E-state index is 11.0. The van der Waals surface area contributed by atoms with Gasteiger partial charge in [0, 0.05) is 37.0 Å². The van der Waals surface area contributed by atoms with Crippen LogP contribution in [0.1, 0.15) is 19.8 Å². The van der Waals surface area contributed by atoms with Crippen molar-refractivity contribution in [3.8, 4) is 5.75 Å². The third-order valence-corrected chi connectivity index (χ3v) is 3.97. The molecule has 1 aliphatic heterocycles. The van der Waals surface area contributed by atoms with E-state index >= 15 is 0 Å². The predicted octanol–water partition coefficient (Wildman–Crippen LogP) is 2.17. The van der Waals surface area contributed by atoms with E-state index in [2.05, 4.69) is 4.90 Å². The monoisotopic (exact) mass is 279 g/mol. The highest BCUT2D eigenvalue weighted by Crippen LogP contribution is 2.31. The molecule has 0 radical (unpaired) electrons. The van der Waals surface area contributed by atoms with Crippen molar-refractivity contribution in [2.45, 2.75) is 25.8 Å². The molecule has 1 saturated heterocycles. The first-order valence-corrected chi connectivity index (χ1v) is 6.85. The van der Waals surface area contributed by atoms with Gasteiger partial charge in [-0.25, -0.2) is 0 Å². The fraction of sp³-hybridized carbons (Fsp3) is 0.571. The van der Waals surface area contributed by atoms with Crippen LogP contribution in [0.3, 0.4) is 0 Å². The fourth-order valence-electron chi connectivity index (χ4n) is 2.66. The Balaban J connectivity index is 2.17. The molecular weight excluding hydrogens is 258 g/mol. The number of non-ortho nitro benzene ring substituents is 1. The van der Waals surface area contributed by atoms with Gasteiger partial charge in [-0.15, -0.1) is 0 Å². The molecular formula is C14H21N3O3. The lowest BCUT2D eigenvalue weighted by atomic mass is 9.91. The van der Waals surface area contributed by atoms with Gasteiger partial charge >= 0.3 is 0 Å². The highest BCUT2D eigenvalue weighted by molar-refractivity contribution is 5.58. The molecule has 6 heteroatoms. The third kappa shape index (κ3) is 3.19. The Bertz CT molecular complexity index is 483. The minimum atomic E-state index is -0.388. The fourth-order valence-corrected chi connectivity index (χ4v) is 2.66. The van der Waals surface area contributed by atoms with Crippen LogP contribution in [-0.4, -0.2) is 31.2 Å². The molecule has 6 nitrogen and oxygen atoms in total. The summed E-state index contributed by atoms with van der Waals surface area (Å²) in [7, 11) is 1.52. The first-order chi connectivity index (χ1) is 9.51. The van der Waals surface area contributed by atoms with E-state index < -0.39 is 0 Å². The summed E-state index contributed by atoms with van der Waals surface area (Å²) in [5, 5.41) is 11.0. The summed E-state index contributed by atoms with van der Waals surface area (Å²) < 4.78 is 5.14. The third-order valence-electron chi connectivity index (χ3n) is 3.97. The highest BCUT2D eigenvalue weighted by atomic mass is 16.6. The van der Waals surface area contributed by atoms with Crippen molar-refractivity contribution in [1.82, 2.24) is 0 Å². The number of piperidine rings is 1. The number of hydrogen-bond acceptors (Lipinski definition) is 5. The summed E-state index contributed by atoms with van der Waals surface area (Å²) >= 11 is 0. The van der Waals surface area contributed by atoms with Gasteiger partial charge in [0.2, 0.25) is 0 Å². The molecule has 1 aromatic rings. The first-order valence-electron chi connectivity index (χ1n) is 6.85. The number of anilines is 1. The molecule has 0 aromatic heterocycles. The van der Waals surface area contributed by atoms with Crippen LogP contribution in [-0.2, 0) is 0 Å². The minimum absolute atomic E-state index is 0.0636. The maximum atomic E-state index is 11.0. The summed E-state index contributed by atoms with van der Waals surface area (Å²) in [6, 6.07) is 5.10. The second-order valence-electron chi connectivity index (χ2n) is 5.33. The van der Waals surface area contributed by atoms with Crippen molar-refractivity contribution in [3.63, 3.8) is 0 Å². The largest absolute Gasteiger partial charge is 0.496 e. The zero-order chi connectivity index (χ0) is 14.7. The van der Waals surface area contributed by atoms with Crippen LogP contribution in [0, 0.1) is 16.0 Å². The average Bonchev–Trinajstić information content (AvgIpc) is 2.46. The van der Waals surface area contributed by atoms with E-state index in [0.29, 0.717) is 11.7 Å². The normalized spacial score (nSPS) is 17.9. The van der Waals surface area contributed by atoms with Gasteiger partial charge in [0.25, 0.3) is 5.69 Å². The van der Waals surface area contributed by atoms with E-state index in [9.17, 15) is 10.1 Å². The molecule has 1 aliphatic rings. The van der Waals surface area contributed by atoms with Gasteiger partial charge in [0.15, 0.2) is 0 Å². The maximum Gasteiger partial charge on any atom is 0.275 e. The Morgan fingerprint density at radius 2 is 2.05 bits per heavy atom. The van der Waals surface area contributed by atoms with Gasteiger partial charge < -0.3 is 15.4 Å². The van der Waals surface area contributed by atoms with Crippen molar-refractivity contribution in [2.75, 3.05) is 25.1 Å². The van der Waals surface area contributed by atoms with Crippen LogP contribution in [0.5, 0.6) is 5.75 Å². The van der Waals surface area contributed by atoms with E-state index in [1.165, 1.54) is 13.2 Å². The summed E-state index contributed by atoms with van der Waals surface area (Å²) in [4.78, 5) is 12.7. The molecule has 20 heavy (non-hydrogen) atoms. The standard InChI is InChI=1S/C14H21N3O3/c1-10(15)11-3-5-16(6-4-11)12-7-13(17(18)19)9-14(8-12)20-2/h7-11H,3-6,15H2,1-2H3. The average molecular weight is 279 g/mol. The molecule has 2 rings (SSSR count). The zero-order valence-corrected chi connectivity index (χ0v) is 11.9. The van der Waals surface area contributed by atoms with E-state index in [0.717, 1.165) is 31.6 Å². The summed E-state index contributed by atoms with van der Waals surface area (Å²) in [6.07, 6.45) is 2.03. The smallest absolute Gasteiger partial charge is 0.275 e. The van der Waals surface area contributed by atoms with Gasteiger partial charge in [-0.1, -0.05) is 0 Å². The van der Waals surface area contributed by atoms with Crippen molar-refractivity contribution < 1.29 is 9.66 Å². The van der Waals surface area contributed by atoms with Gasteiger partial charge in [0.05, 0.1) is 18.1 Å². The number of hydrogen-bond donors (Lipinski definition) is 1. The minimum Gasteiger partial charge on any atom is -0.496 e. The predicted molar refractivity (Wildman–Crippen MR) is 78.2 cm³/mol. The number of benzene rings is 1. The first kappa shape index (κ1) is 14.6. The Hall–Kier alpha value is -1.82. The van der Waals surface area contributed by atoms with Gasteiger partial charge in [-0.05, 0) is 25.7 Å². The lowest BCUT2D eigenvalue weighted by Gasteiger charge is -2.35. The molecule has 2 N–H and O–H groups in total. The topological polar surface area (TPSA) is 81.6 Å². The number of rotatable bonds is 4. The summed E-state index contributed by atoms with van der Waals surface area (Å²) in [5.41, 5.74) is 6.84. The van der Waals surface area contributed by atoms with E-state index in [-0.39, 0.29) is 16.7 Å². The molecule has 0 saturated carbocycles. The number of nitrogens with two attached hydrogens (primary N) is 1. The molecule has 1 aromatic carbocycles. The summed E-state index contributed by atoms with van der Waals surface area (Å²) in [5.74, 6) is 1.05. The van der Waals surface area contributed by atoms with E-state index in [1.54, 1.807) is 6.07 Å². The second kappa shape index (κ2) is 6.09. The van der Waals surface area contributed by atoms with E-state index in [4.69, 9.17) is 10.5 Å². The molecule has 1 unspecified atom stereocenters. The van der Waals surface area contributed by atoms with Crippen LogP contribution in [0.25, 0.3) is 0 Å². The van der Waals surface area contributed by atoms with Crippen molar-refractivity contribution in [1.29, 1.82) is 0 Å². The molecule has 0 bridgehead atoms. The second-order valence-corrected chi connectivity index (χ2v) is 5.33. The lowest BCUT2D eigenvalue weighted by molar-refractivity contribution is -0.384. The molecule has 1 atom stereocenters. The Morgan fingerprint density at radius 1 is 1.40 bits per heavy atom. The molecule has 110 valence electrons. The molecule has 0 spiro atoms. The van der Waals surface area contributed by atoms with Gasteiger partial charge in [-0.3, -0.25) is 10.1 Å². The van der Waals surface area contributed by atoms with Crippen LogP contribution < -0.4 is 15.4 Å². The lowest BCUT2D eigenvalue weighted by Crippen LogP contribution is -2.39. The van der Waals surface area contributed by atoms with Crippen LogP contribution in [0.4, 0.5) is 11.4 Å². The van der Waals surface area contributed by atoms with Gasteiger partial charge in [0.1, 0.15) is 5.75 Å². The highest BCUT2D eigenvalue weighted by Gasteiger charge is 2.23. The quantitative estimate of drug-likeness (QED) is 0.674. The molecule has 0 amide bonds. The molecule has 1 fully saturated rings. The van der Waals surface area contributed by atoms with Crippen molar-refractivity contribution in [3.05, 3.63) is 28.3 Å². The number of nitro benzene ring substituents is 1. The summed E-state index contributed by atoms with van der Waals surface area (Å²) in [6.45, 7) is 3.78. The van der Waals surface area contributed by atoms with E-state index in [1.807, 2.05) is 13.0 Å². The zero-order valence-electron chi connectivity index (χ0n) is 11.9. The van der Waals surface area contributed by atoms with Crippen LogP contribution in [0.2, 0.25) is 0 Å².